The van der Waals surface area contributed by atoms with Crippen LogP contribution < -0.4 is 10.1 Å². The molecule has 172 valence electrons. The van der Waals surface area contributed by atoms with E-state index in [1.54, 1.807) is 6.92 Å². The van der Waals surface area contributed by atoms with Gasteiger partial charge in [0.15, 0.2) is 4.96 Å². The third kappa shape index (κ3) is 4.99. The maximum atomic E-state index is 12.4. The van der Waals surface area contributed by atoms with Crippen molar-refractivity contribution in [2.45, 2.75) is 40.3 Å². The Morgan fingerprint density at radius 1 is 1.15 bits per heavy atom. The summed E-state index contributed by atoms with van der Waals surface area (Å²) < 4.78 is 13.0. The number of esters is 1. The SMILES string of the molecule is CCOC(=O)c1sc2nc(-c3ccc(OC(C)C)cc3)c(NCc3ccc(Cl)cc3)n2c1C. The molecule has 4 rings (SSSR count). The molecule has 33 heavy (non-hydrogen) atoms. The first kappa shape index (κ1) is 23.1. The van der Waals surface area contributed by atoms with Gasteiger partial charge >= 0.3 is 5.97 Å². The lowest BCUT2D eigenvalue weighted by atomic mass is 10.1. The third-order valence-electron chi connectivity index (χ3n) is 5.04. The minimum Gasteiger partial charge on any atom is -0.491 e. The van der Waals surface area contributed by atoms with E-state index in [0.29, 0.717) is 23.1 Å². The topological polar surface area (TPSA) is 64.9 Å². The highest BCUT2D eigenvalue weighted by atomic mass is 35.5. The Morgan fingerprint density at radius 2 is 1.85 bits per heavy atom. The van der Waals surface area contributed by atoms with E-state index in [1.165, 1.54) is 11.3 Å². The van der Waals surface area contributed by atoms with Crippen molar-refractivity contribution in [3.8, 4) is 17.0 Å². The zero-order chi connectivity index (χ0) is 23.5. The molecular weight excluding hydrogens is 458 g/mol. The molecule has 0 spiro atoms. The van der Waals surface area contributed by atoms with Crippen LogP contribution in [-0.4, -0.2) is 28.1 Å². The average Bonchev–Trinajstić information content (AvgIpc) is 3.30. The highest BCUT2D eigenvalue weighted by molar-refractivity contribution is 7.19. The molecule has 1 N–H and O–H groups in total. The Morgan fingerprint density at radius 3 is 2.48 bits per heavy atom. The molecule has 0 amide bonds. The van der Waals surface area contributed by atoms with Crippen LogP contribution in [0.15, 0.2) is 48.5 Å². The first-order valence-corrected chi connectivity index (χ1v) is 12.0. The Kier molecular flexibility index (Phi) is 6.91. The predicted octanol–water partition coefficient (Wildman–Crippen LogP) is 6.60. The molecular formula is C25H26ClN3O3S. The third-order valence-corrected chi connectivity index (χ3v) is 6.41. The number of imidazole rings is 1. The summed E-state index contributed by atoms with van der Waals surface area (Å²) in [5, 5.41) is 4.22. The van der Waals surface area contributed by atoms with Crippen LogP contribution in [0.3, 0.4) is 0 Å². The van der Waals surface area contributed by atoms with Crippen LogP contribution in [-0.2, 0) is 11.3 Å². The van der Waals surface area contributed by atoms with Gasteiger partial charge in [0, 0.05) is 22.8 Å². The van der Waals surface area contributed by atoms with Gasteiger partial charge in [-0.15, -0.1) is 0 Å². The lowest BCUT2D eigenvalue weighted by molar-refractivity contribution is 0.0531. The summed E-state index contributed by atoms with van der Waals surface area (Å²) in [5.41, 5.74) is 3.65. The van der Waals surface area contributed by atoms with Gasteiger partial charge in [-0.25, -0.2) is 9.78 Å². The first-order valence-electron chi connectivity index (χ1n) is 10.8. The van der Waals surface area contributed by atoms with Crippen LogP contribution in [0.2, 0.25) is 5.02 Å². The van der Waals surface area contributed by atoms with Crippen LogP contribution in [0.25, 0.3) is 16.2 Å². The summed E-state index contributed by atoms with van der Waals surface area (Å²) >= 11 is 7.36. The second-order valence-electron chi connectivity index (χ2n) is 7.84. The van der Waals surface area contributed by atoms with Gasteiger partial charge in [-0.2, -0.15) is 0 Å². The monoisotopic (exact) mass is 483 g/mol. The molecule has 4 aromatic rings. The van der Waals surface area contributed by atoms with E-state index >= 15 is 0 Å². The van der Waals surface area contributed by atoms with E-state index in [0.717, 1.165) is 39.0 Å². The van der Waals surface area contributed by atoms with E-state index in [-0.39, 0.29) is 12.1 Å². The summed E-state index contributed by atoms with van der Waals surface area (Å²) in [4.78, 5) is 18.6. The molecule has 0 atom stereocenters. The van der Waals surface area contributed by atoms with Crippen molar-refractivity contribution in [2.75, 3.05) is 11.9 Å². The summed E-state index contributed by atoms with van der Waals surface area (Å²) in [5.74, 6) is 1.30. The number of hydrogen-bond acceptors (Lipinski definition) is 6. The second kappa shape index (κ2) is 9.85. The van der Waals surface area contributed by atoms with E-state index < -0.39 is 0 Å². The number of rotatable bonds is 8. The number of anilines is 1. The predicted molar refractivity (Wildman–Crippen MR) is 134 cm³/mol. The maximum absolute atomic E-state index is 12.4. The molecule has 8 heteroatoms. The van der Waals surface area contributed by atoms with Crippen LogP contribution in [0, 0.1) is 6.92 Å². The molecule has 0 aliphatic heterocycles. The van der Waals surface area contributed by atoms with Gasteiger partial charge in [0.2, 0.25) is 0 Å². The minimum atomic E-state index is -0.328. The molecule has 0 bridgehead atoms. The van der Waals surface area contributed by atoms with Crippen LogP contribution in [0.1, 0.15) is 41.7 Å². The summed E-state index contributed by atoms with van der Waals surface area (Å²) in [6.45, 7) is 8.62. The Bertz CT molecular complexity index is 1260. The van der Waals surface area contributed by atoms with Crippen molar-refractivity contribution in [1.29, 1.82) is 0 Å². The van der Waals surface area contributed by atoms with Crippen molar-refractivity contribution < 1.29 is 14.3 Å². The second-order valence-corrected chi connectivity index (χ2v) is 9.25. The molecule has 0 saturated heterocycles. The fourth-order valence-corrected chi connectivity index (χ4v) is 4.69. The number of fused-ring (bicyclic) bond motifs is 1. The highest BCUT2D eigenvalue weighted by Gasteiger charge is 2.23. The Balaban J connectivity index is 1.75. The van der Waals surface area contributed by atoms with Crippen molar-refractivity contribution in [1.82, 2.24) is 9.38 Å². The van der Waals surface area contributed by atoms with Crippen LogP contribution in [0.4, 0.5) is 5.82 Å². The molecule has 2 heterocycles. The molecule has 0 unspecified atom stereocenters. The summed E-state index contributed by atoms with van der Waals surface area (Å²) in [7, 11) is 0. The molecule has 0 fully saturated rings. The number of carbonyl (C=O) groups is 1. The number of aryl methyl sites for hydroxylation is 1. The number of benzene rings is 2. The van der Waals surface area contributed by atoms with Crippen molar-refractivity contribution >= 4 is 39.7 Å². The summed E-state index contributed by atoms with van der Waals surface area (Å²) in [6, 6.07) is 15.6. The van der Waals surface area contributed by atoms with E-state index in [1.807, 2.05) is 73.7 Å². The van der Waals surface area contributed by atoms with Gasteiger partial charge in [0.25, 0.3) is 0 Å². The van der Waals surface area contributed by atoms with E-state index in [4.69, 9.17) is 26.1 Å². The lowest BCUT2D eigenvalue weighted by Crippen LogP contribution is -2.07. The molecule has 6 nitrogen and oxygen atoms in total. The molecule has 2 aromatic heterocycles. The van der Waals surface area contributed by atoms with Crippen LogP contribution in [0.5, 0.6) is 5.75 Å². The van der Waals surface area contributed by atoms with Gasteiger partial charge in [0.1, 0.15) is 22.1 Å². The number of carbonyl (C=O) groups excluding carboxylic acids is 1. The number of halogens is 1. The van der Waals surface area contributed by atoms with Crippen LogP contribution >= 0.6 is 22.9 Å². The zero-order valence-electron chi connectivity index (χ0n) is 19.0. The van der Waals surface area contributed by atoms with E-state index in [2.05, 4.69) is 5.32 Å². The van der Waals surface area contributed by atoms with Crippen molar-refractivity contribution in [2.24, 2.45) is 0 Å². The first-order chi connectivity index (χ1) is 15.9. The number of thiazole rings is 1. The van der Waals surface area contributed by atoms with Gasteiger partial charge in [0.05, 0.1) is 12.7 Å². The Hall–Kier alpha value is -3.03. The van der Waals surface area contributed by atoms with E-state index in [9.17, 15) is 4.79 Å². The normalized spacial score (nSPS) is 11.2. The lowest BCUT2D eigenvalue weighted by Gasteiger charge is -2.12. The largest absolute Gasteiger partial charge is 0.491 e. The molecule has 0 aliphatic carbocycles. The standard InChI is InChI=1S/C25H26ClN3O3S/c1-5-31-24(30)22-16(4)29-23(27-14-17-6-10-19(26)11-7-17)21(28-25(29)33-22)18-8-12-20(13-9-18)32-15(2)3/h6-13,15,27H,5,14H2,1-4H3. The minimum absolute atomic E-state index is 0.106. The molecule has 0 radical (unpaired) electrons. The number of ether oxygens (including phenoxy) is 2. The van der Waals surface area contributed by atoms with Crippen molar-refractivity contribution in [3.63, 3.8) is 0 Å². The number of aromatic nitrogens is 2. The number of hydrogen-bond donors (Lipinski definition) is 1. The maximum Gasteiger partial charge on any atom is 0.350 e. The number of nitrogens with zero attached hydrogens (tertiary/aromatic N) is 2. The fourth-order valence-electron chi connectivity index (χ4n) is 3.55. The van der Waals surface area contributed by atoms with Gasteiger partial charge in [-0.1, -0.05) is 35.1 Å². The van der Waals surface area contributed by atoms with Gasteiger partial charge in [-0.3, -0.25) is 4.40 Å². The van der Waals surface area contributed by atoms with Crippen molar-refractivity contribution in [3.05, 3.63) is 69.7 Å². The zero-order valence-corrected chi connectivity index (χ0v) is 20.6. The highest BCUT2D eigenvalue weighted by Crippen LogP contribution is 2.36. The molecule has 0 aliphatic rings. The smallest absolute Gasteiger partial charge is 0.350 e. The fraction of sp³-hybridized carbons (Fsp3) is 0.280. The number of nitrogens with one attached hydrogen (secondary N) is 1. The van der Waals surface area contributed by atoms with Gasteiger partial charge < -0.3 is 14.8 Å². The molecule has 2 aromatic carbocycles. The average molecular weight is 484 g/mol. The van der Waals surface area contributed by atoms with Gasteiger partial charge in [-0.05, 0) is 69.7 Å². The summed E-state index contributed by atoms with van der Waals surface area (Å²) in [6.07, 6.45) is 0.106. The quantitative estimate of drug-likeness (QED) is 0.286. The molecule has 0 saturated carbocycles. The Labute approximate surface area is 202 Å².